The summed E-state index contributed by atoms with van der Waals surface area (Å²) in [5, 5.41) is 9.21. The molecule has 0 radical (unpaired) electrons. The van der Waals surface area contributed by atoms with Crippen LogP contribution in [0.4, 0.5) is 0 Å². The highest BCUT2D eigenvalue weighted by atomic mass is 16.5. The highest BCUT2D eigenvalue weighted by Gasteiger charge is 2.31. The Balaban J connectivity index is 1.53. The highest BCUT2D eigenvalue weighted by molar-refractivity contribution is 5.95. The van der Waals surface area contributed by atoms with Crippen molar-refractivity contribution < 1.29 is 14.3 Å². The first-order valence-corrected chi connectivity index (χ1v) is 10.8. The number of carbonyl (C=O) groups is 1. The molecule has 0 aliphatic carbocycles. The molecule has 0 bridgehead atoms. The number of nitriles is 1. The van der Waals surface area contributed by atoms with Gasteiger partial charge in [0.1, 0.15) is 18.1 Å². The lowest BCUT2D eigenvalue weighted by Crippen LogP contribution is -2.47. The lowest BCUT2D eigenvalue weighted by molar-refractivity contribution is 0.0566. The molecule has 1 atom stereocenters. The number of carbonyl (C=O) groups excluding carboxylic acids is 1. The molecule has 0 fully saturated rings. The van der Waals surface area contributed by atoms with Crippen LogP contribution in [-0.4, -0.2) is 29.6 Å². The van der Waals surface area contributed by atoms with Crippen LogP contribution in [0.3, 0.4) is 0 Å². The van der Waals surface area contributed by atoms with E-state index in [2.05, 4.69) is 18.2 Å². The van der Waals surface area contributed by atoms with Crippen LogP contribution in [0, 0.1) is 11.3 Å². The van der Waals surface area contributed by atoms with Crippen LogP contribution >= 0.6 is 0 Å². The fourth-order valence-corrected chi connectivity index (χ4v) is 3.94. The fourth-order valence-electron chi connectivity index (χ4n) is 3.94. The van der Waals surface area contributed by atoms with Crippen molar-refractivity contribution in [3.63, 3.8) is 0 Å². The Bertz CT molecular complexity index is 1130. The summed E-state index contributed by atoms with van der Waals surface area (Å²) in [6, 6.07) is 24.6. The van der Waals surface area contributed by atoms with Crippen LogP contribution in [0.1, 0.15) is 40.9 Å². The first-order chi connectivity index (χ1) is 15.5. The number of amides is 1. The molecule has 32 heavy (non-hydrogen) atoms. The van der Waals surface area contributed by atoms with Gasteiger partial charge in [-0.15, -0.1) is 0 Å². The lowest BCUT2D eigenvalue weighted by Gasteiger charge is -2.37. The monoisotopic (exact) mass is 426 g/mol. The van der Waals surface area contributed by atoms with E-state index in [4.69, 9.17) is 9.47 Å². The fraction of sp³-hybridized carbons (Fsp3) is 0.259. The molecule has 0 aromatic heterocycles. The zero-order chi connectivity index (χ0) is 22.5. The normalized spacial score (nSPS) is 15.1. The van der Waals surface area contributed by atoms with E-state index in [-0.39, 0.29) is 18.1 Å². The molecule has 3 aromatic rings. The standard InChI is InChI=1S/C27H26N2O3/c1-19(2)32-26-12-10-25(11-13-26)31-18-24-15-21-7-3-4-8-23(21)17-29(24)27(30)22-9-5-6-20(14-22)16-28/h3-14,19,24H,15,17-18H2,1-2H3. The van der Waals surface area contributed by atoms with Crippen LogP contribution < -0.4 is 9.47 Å². The predicted molar refractivity (Wildman–Crippen MR) is 123 cm³/mol. The summed E-state index contributed by atoms with van der Waals surface area (Å²) in [6.45, 7) is 4.87. The molecule has 4 rings (SSSR count). The zero-order valence-electron chi connectivity index (χ0n) is 18.3. The van der Waals surface area contributed by atoms with Gasteiger partial charge in [0.25, 0.3) is 5.91 Å². The van der Waals surface area contributed by atoms with Crippen LogP contribution in [0.2, 0.25) is 0 Å². The molecule has 0 saturated heterocycles. The third kappa shape index (κ3) is 4.92. The summed E-state index contributed by atoms with van der Waals surface area (Å²) in [7, 11) is 0. The third-order valence-electron chi connectivity index (χ3n) is 5.49. The summed E-state index contributed by atoms with van der Waals surface area (Å²) < 4.78 is 11.8. The number of nitrogens with zero attached hydrogens (tertiary/aromatic N) is 2. The largest absolute Gasteiger partial charge is 0.491 e. The van der Waals surface area contributed by atoms with Crippen molar-refractivity contribution in [1.82, 2.24) is 4.90 Å². The van der Waals surface area contributed by atoms with Gasteiger partial charge in [0.05, 0.1) is 23.8 Å². The van der Waals surface area contributed by atoms with Crippen LogP contribution in [0.5, 0.6) is 11.5 Å². The molecule has 1 heterocycles. The number of hydrogen-bond acceptors (Lipinski definition) is 4. The number of benzene rings is 3. The first-order valence-electron chi connectivity index (χ1n) is 10.8. The molecule has 5 nitrogen and oxygen atoms in total. The van der Waals surface area contributed by atoms with Gasteiger partial charge in [-0.25, -0.2) is 0 Å². The number of ether oxygens (including phenoxy) is 2. The minimum Gasteiger partial charge on any atom is -0.491 e. The maximum Gasteiger partial charge on any atom is 0.254 e. The number of rotatable bonds is 6. The first kappa shape index (κ1) is 21.5. The van der Waals surface area contributed by atoms with Gasteiger partial charge < -0.3 is 14.4 Å². The molecule has 1 amide bonds. The summed E-state index contributed by atoms with van der Waals surface area (Å²) in [6.07, 6.45) is 0.831. The van der Waals surface area contributed by atoms with Crippen LogP contribution in [-0.2, 0) is 13.0 Å². The minimum atomic E-state index is -0.116. The van der Waals surface area contributed by atoms with Gasteiger partial charge in [0.15, 0.2) is 0 Å². The SMILES string of the molecule is CC(C)Oc1ccc(OCC2Cc3ccccc3CN2C(=O)c2cccc(C#N)c2)cc1. The van der Waals surface area contributed by atoms with Gasteiger partial charge in [-0.2, -0.15) is 5.26 Å². The van der Waals surface area contributed by atoms with Crippen LogP contribution in [0.15, 0.2) is 72.8 Å². The number of hydrogen-bond donors (Lipinski definition) is 0. The van der Waals surface area contributed by atoms with Crippen molar-refractivity contribution in [2.24, 2.45) is 0 Å². The Hall–Kier alpha value is -3.78. The summed E-state index contributed by atoms with van der Waals surface area (Å²) in [5.74, 6) is 1.44. The minimum absolute atomic E-state index is 0.0918. The van der Waals surface area contributed by atoms with E-state index in [1.165, 1.54) is 5.56 Å². The molecule has 3 aromatic carbocycles. The number of fused-ring (bicyclic) bond motifs is 1. The maximum absolute atomic E-state index is 13.4. The van der Waals surface area contributed by atoms with E-state index in [0.29, 0.717) is 30.7 Å². The summed E-state index contributed by atoms with van der Waals surface area (Å²) >= 11 is 0. The van der Waals surface area contributed by atoms with E-state index in [1.807, 2.05) is 55.1 Å². The summed E-state index contributed by atoms with van der Waals surface area (Å²) in [4.78, 5) is 15.2. The molecule has 0 saturated carbocycles. The second-order valence-electron chi connectivity index (χ2n) is 8.20. The topological polar surface area (TPSA) is 62.6 Å². The van der Waals surface area contributed by atoms with Gasteiger partial charge in [-0.1, -0.05) is 30.3 Å². The Kier molecular flexibility index (Phi) is 6.42. The zero-order valence-corrected chi connectivity index (χ0v) is 18.3. The van der Waals surface area contributed by atoms with Gasteiger partial charge in [0.2, 0.25) is 0 Å². The summed E-state index contributed by atoms with van der Waals surface area (Å²) in [5.41, 5.74) is 3.37. The van der Waals surface area contributed by atoms with E-state index in [0.717, 1.165) is 17.1 Å². The van der Waals surface area contributed by atoms with Crippen molar-refractivity contribution in [3.8, 4) is 17.6 Å². The van der Waals surface area contributed by atoms with E-state index >= 15 is 0 Å². The highest BCUT2D eigenvalue weighted by Crippen LogP contribution is 2.26. The molecule has 1 aliphatic rings. The van der Waals surface area contributed by atoms with E-state index < -0.39 is 0 Å². The maximum atomic E-state index is 13.4. The Labute approximate surface area is 188 Å². The molecule has 0 spiro atoms. The van der Waals surface area contributed by atoms with E-state index in [9.17, 15) is 10.1 Å². The average Bonchev–Trinajstić information content (AvgIpc) is 2.82. The van der Waals surface area contributed by atoms with Crippen molar-refractivity contribution in [3.05, 3.63) is 95.1 Å². The molecule has 0 N–H and O–H groups in total. The van der Waals surface area contributed by atoms with Crippen LogP contribution in [0.25, 0.3) is 0 Å². The average molecular weight is 427 g/mol. The molecular formula is C27H26N2O3. The van der Waals surface area contributed by atoms with Crippen molar-refractivity contribution in [2.45, 2.75) is 39.0 Å². The second-order valence-corrected chi connectivity index (χ2v) is 8.20. The second kappa shape index (κ2) is 9.57. The van der Waals surface area contributed by atoms with Gasteiger partial charge in [-0.05, 0) is 73.9 Å². The van der Waals surface area contributed by atoms with Gasteiger partial charge >= 0.3 is 0 Å². The smallest absolute Gasteiger partial charge is 0.254 e. The Morgan fingerprint density at radius 1 is 1.03 bits per heavy atom. The quantitative estimate of drug-likeness (QED) is 0.557. The van der Waals surface area contributed by atoms with E-state index in [1.54, 1.807) is 24.3 Å². The molecule has 1 unspecified atom stereocenters. The van der Waals surface area contributed by atoms with Gasteiger partial charge in [-0.3, -0.25) is 4.79 Å². The Morgan fingerprint density at radius 2 is 1.75 bits per heavy atom. The van der Waals surface area contributed by atoms with Crippen molar-refractivity contribution >= 4 is 5.91 Å². The molecular weight excluding hydrogens is 400 g/mol. The third-order valence-corrected chi connectivity index (χ3v) is 5.49. The van der Waals surface area contributed by atoms with Crippen molar-refractivity contribution in [1.29, 1.82) is 5.26 Å². The molecule has 1 aliphatic heterocycles. The lowest BCUT2D eigenvalue weighted by atomic mass is 9.93. The predicted octanol–water partition coefficient (Wildman–Crippen LogP) is 4.99. The Morgan fingerprint density at radius 3 is 2.47 bits per heavy atom. The molecule has 162 valence electrons. The van der Waals surface area contributed by atoms with Gasteiger partial charge in [0, 0.05) is 12.1 Å². The van der Waals surface area contributed by atoms with Crippen molar-refractivity contribution in [2.75, 3.05) is 6.61 Å². The molecule has 5 heteroatoms.